The fourth-order valence-corrected chi connectivity index (χ4v) is 0.796. The average Bonchev–Trinajstić information content (AvgIpc) is 2.33. The van der Waals surface area contributed by atoms with Crippen molar-refractivity contribution in [1.29, 1.82) is 0 Å². The van der Waals surface area contributed by atoms with Gasteiger partial charge in [-0.1, -0.05) is 46.4 Å². The molecular weight excluding hydrogens is 405 g/mol. The number of methoxy groups -OCH3 is 1. The maximum atomic E-state index is 10.3. The van der Waals surface area contributed by atoms with Crippen molar-refractivity contribution >= 4 is 81.9 Å². The number of hydrogen-bond acceptors (Lipinski definition) is 6. The first-order valence-electron chi connectivity index (χ1n) is 4.53. The largest absolute Gasteiger partial charge is 0.509 e. The second-order valence-electron chi connectivity index (χ2n) is 2.56. The molecule has 0 saturated carbocycles. The molecule has 0 saturated heterocycles. The maximum Gasteiger partial charge on any atom is 0.509 e. The zero-order valence-electron chi connectivity index (χ0n) is 9.92. The van der Waals surface area contributed by atoms with Crippen LogP contribution in [0.25, 0.3) is 0 Å². The predicted octanol–water partition coefficient (Wildman–Crippen LogP) is 4.28. The first-order chi connectivity index (χ1) is 9.12. The van der Waals surface area contributed by atoms with E-state index in [0.29, 0.717) is 0 Å². The van der Waals surface area contributed by atoms with Crippen LogP contribution in [-0.2, 0) is 18.9 Å². The van der Waals surface area contributed by atoms with Crippen LogP contribution in [0.2, 0.25) is 0 Å². The summed E-state index contributed by atoms with van der Waals surface area (Å²) in [7, 11) is 1.17. The topological polar surface area (TPSA) is 71.1 Å². The maximum absolute atomic E-state index is 10.3. The molecule has 0 aliphatic heterocycles. The second-order valence-corrected chi connectivity index (χ2v) is 6.57. The van der Waals surface area contributed by atoms with Gasteiger partial charge in [0.2, 0.25) is 3.79 Å². The molecule has 0 aromatic carbocycles. The van der Waals surface area contributed by atoms with Gasteiger partial charge in [0.1, 0.15) is 18.1 Å². The summed E-state index contributed by atoms with van der Waals surface area (Å²) in [6, 6.07) is -0.242. The van der Waals surface area contributed by atoms with E-state index < -0.39 is 20.9 Å². The van der Waals surface area contributed by atoms with Gasteiger partial charge in [0.05, 0.1) is 7.11 Å². The minimum Gasteiger partial charge on any atom is -0.438 e. The van der Waals surface area contributed by atoms with Crippen molar-refractivity contribution < 1.29 is 28.5 Å². The third-order valence-electron chi connectivity index (χ3n) is 1.02. The van der Waals surface area contributed by atoms with Crippen molar-refractivity contribution in [3.63, 3.8) is 0 Å². The van der Waals surface area contributed by atoms with E-state index in [-0.39, 0.29) is 19.3 Å². The number of rotatable bonds is 4. The Hall–Kier alpha value is 0.280. The summed E-state index contributed by atoms with van der Waals surface area (Å²) in [6.45, 7) is -0.414. The normalized spacial score (nSPS) is 10.2. The number of carbonyl (C=O) groups excluding carboxylic acids is 2. The van der Waals surface area contributed by atoms with Gasteiger partial charge in [-0.2, -0.15) is 0 Å². The molecule has 0 unspecified atom stereocenters. The number of alkyl halides is 6. The van der Waals surface area contributed by atoms with Crippen LogP contribution in [0.5, 0.6) is 0 Å². The number of hydrogen-bond donors (Lipinski definition) is 0. The first-order valence-corrected chi connectivity index (χ1v) is 7.07. The van der Waals surface area contributed by atoms with E-state index in [2.05, 4.69) is 18.9 Å². The summed E-state index contributed by atoms with van der Waals surface area (Å²) in [5.74, 6) is 0. The Morgan fingerprint density at radius 3 is 1.95 bits per heavy atom. The van der Waals surface area contributed by atoms with Gasteiger partial charge >= 0.3 is 12.3 Å². The van der Waals surface area contributed by atoms with Crippen LogP contribution in [0.1, 0.15) is 0 Å². The van der Waals surface area contributed by atoms with Gasteiger partial charge in [0.25, 0.3) is 0 Å². The minimum absolute atomic E-state index is 0.0984. The Morgan fingerprint density at radius 2 is 1.60 bits per heavy atom. The SMILES string of the molecule is COC(=O)OCC(Cl)(Cl)Cl.O=C(OCCl)OCC(Cl)Cl. The third-order valence-corrected chi connectivity index (χ3v) is 1.71. The summed E-state index contributed by atoms with van der Waals surface area (Å²) in [4.78, 5) is 19.8. The van der Waals surface area contributed by atoms with Crippen LogP contribution in [0, 0.1) is 0 Å². The minimum atomic E-state index is -1.58. The van der Waals surface area contributed by atoms with E-state index in [1.807, 2.05) is 0 Å². The van der Waals surface area contributed by atoms with Crippen LogP contribution < -0.4 is 0 Å². The molecule has 0 radical (unpaired) electrons. The lowest BCUT2D eigenvalue weighted by Gasteiger charge is -2.09. The van der Waals surface area contributed by atoms with Crippen molar-refractivity contribution in [3.05, 3.63) is 0 Å². The van der Waals surface area contributed by atoms with E-state index in [9.17, 15) is 9.59 Å². The van der Waals surface area contributed by atoms with Crippen LogP contribution in [0.3, 0.4) is 0 Å². The highest BCUT2D eigenvalue weighted by Crippen LogP contribution is 2.25. The summed E-state index contributed by atoms with van der Waals surface area (Å²) < 4.78 is 15.3. The fraction of sp³-hybridized carbons (Fsp3) is 0.750. The molecule has 0 atom stereocenters. The molecule has 6 nitrogen and oxygen atoms in total. The number of carbonyl (C=O) groups is 2. The quantitative estimate of drug-likeness (QED) is 0.505. The van der Waals surface area contributed by atoms with E-state index in [1.165, 1.54) is 7.11 Å². The third kappa shape index (κ3) is 20.6. The Balaban J connectivity index is 0. The van der Waals surface area contributed by atoms with Crippen LogP contribution in [0.4, 0.5) is 9.59 Å². The molecular formula is C8H10Cl6O6. The van der Waals surface area contributed by atoms with Crippen molar-refractivity contribution in [1.82, 2.24) is 0 Å². The van der Waals surface area contributed by atoms with Gasteiger partial charge in [-0.15, -0.1) is 23.2 Å². The molecule has 0 rings (SSSR count). The van der Waals surface area contributed by atoms with Gasteiger partial charge in [0.15, 0.2) is 6.07 Å². The Bertz CT molecular complexity index is 281. The Kier molecular flexibility index (Phi) is 14.6. The van der Waals surface area contributed by atoms with E-state index in [1.54, 1.807) is 0 Å². The summed E-state index contributed by atoms with van der Waals surface area (Å²) in [5, 5.41) is 0. The Labute approximate surface area is 145 Å². The summed E-state index contributed by atoms with van der Waals surface area (Å²) in [5.41, 5.74) is 0. The van der Waals surface area contributed by atoms with Crippen molar-refractivity contribution in [2.45, 2.75) is 8.63 Å². The second kappa shape index (κ2) is 13.0. The summed E-state index contributed by atoms with van der Waals surface area (Å²) in [6.07, 6.45) is -1.74. The zero-order valence-corrected chi connectivity index (χ0v) is 14.5. The molecule has 0 amide bonds. The number of ether oxygens (including phenoxy) is 4. The van der Waals surface area contributed by atoms with Crippen molar-refractivity contribution in [2.24, 2.45) is 0 Å². The molecule has 0 bridgehead atoms. The molecule has 20 heavy (non-hydrogen) atoms. The lowest BCUT2D eigenvalue weighted by atomic mass is 10.8. The zero-order chi connectivity index (χ0) is 16.2. The molecule has 0 aromatic rings. The molecule has 0 aliphatic carbocycles. The molecule has 0 aliphatic rings. The highest BCUT2D eigenvalue weighted by molar-refractivity contribution is 6.67. The van der Waals surface area contributed by atoms with Gasteiger partial charge in [0, 0.05) is 0 Å². The molecule has 0 aromatic heterocycles. The highest BCUT2D eigenvalue weighted by atomic mass is 35.6. The molecule has 0 N–H and O–H groups in total. The van der Waals surface area contributed by atoms with Gasteiger partial charge in [-0.05, 0) is 0 Å². The number of halogens is 6. The molecule has 120 valence electrons. The lowest BCUT2D eigenvalue weighted by Crippen LogP contribution is -2.16. The average molecular weight is 415 g/mol. The molecule has 0 spiro atoms. The van der Waals surface area contributed by atoms with Crippen molar-refractivity contribution in [2.75, 3.05) is 26.4 Å². The van der Waals surface area contributed by atoms with Crippen LogP contribution in [0.15, 0.2) is 0 Å². The van der Waals surface area contributed by atoms with Gasteiger partial charge < -0.3 is 18.9 Å². The highest BCUT2D eigenvalue weighted by Gasteiger charge is 2.22. The van der Waals surface area contributed by atoms with Gasteiger partial charge in [-0.3, -0.25) is 0 Å². The molecule has 0 fully saturated rings. The fourth-order valence-electron chi connectivity index (χ4n) is 0.417. The standard InChI is InChI=1S/2C4H5Cl3O3/c1-9-3(8)10-2-4(5,6)7;5-2-10-4(8)9-1-3(6)7/h2H2,1H3;3H,1-2H2. The van der Waals surface area contributed by atoms with Crippen molar-refractivity contribution in [3.8, 4) is 0 Å². The lowest BCUT2D eigenvalue weighted by molar-refractivity contribution is 0.0707. The van der Waals surface area contributed by atoms with Crippen LogP contribution >= 0.6 is 69.6 Å². The smallest absolute Gasteiger partial charge is 0.438 e. The first kappa shape index (κ1) is 22.6. The van der Waals surface area contributed by atoms with E-state index >= 15 is 0 Å². The van der Waals surface area contributed by atoms with Gasteiger partial charge in [-0.25, -0.2) is 9.59 Å². The Morgan fingerprint density at radius 1 is 1.05 bits per heavy atom. The monoisotopic (exact) mass is 412 g/mol. The molecule has 12 heteroatoms. The predicted molar refractivity (Wildman–Crippen MR) is 77.3 cm³/mol. The molecule has 0 heterocycles. The van der Waals surface area contributed by atoms with E-state index in [4.69, 9.17) is 69.6 Å². The summed E-state index contributed by atoms with van der Waals surface area (Å²) >= 11 is 31.2. The van der Waals surface area contributed by atoms with Crippen LogP contribution in [-0.4, -0.2) is 47.3 Å². The van der Waals surface area contributed by atoms with E-state index in [0.717, 1.165) is 0 Å².